The third kappa shape index (κ3) is 3.99. The Hall–Kier alpha value is -3.38. The standard InChI is InChI=1S/C26H20/c1-3-7-21(8-4-1)11-13-23-15-17-25-18-16-24(20-26(25)19-23)14-12-22-9-5-2-6-10-22/h1-20H/b13-11-,14-12+. The molecule has 0 saturated carbocycles. The topological polar surface area (TPSA) is 0 Å². The van der Waals surface area contributed by atoms with Gasteiger partial charge in [0, 0.05) is 0 Å². The molecule has 0 bridgehead atoms. The number of benzene rings is 4. The van der Waals surface area contributed by atoms with Crippen molar-refractivity contribution in [2.45, 2.75) is 0 Å². The zero-order valence-electron chi connectivity index (χ0n) is 14.5. The van der Waals surface area contributed by atoms with Gasteiger partial charge in [0.05, 0.1) is 0 Å². The van der Waals surface area contributed by atoms with Crippen LogP contribution in [0.1, 0.15) is 22.3 Å². The van der Waals surface area contributed by atoms with Gasteiger partial charge in [0.25, 0.3) is 0 Å². The van der Waals surface area contributed by atoms with E-state index in [0.717, 1.165) is 0 Å². The molecule has 0 heterocycles. The smallest absolute Gasteiger partial charge is 0.0172 e. The number of fused-ring (bicyclic) bond motifs is 1. The minimum atomic E-state index is 1.21. The van der Waals surface area contributed by atoms with Gasteiger partial charge < -0.3 is 0 Å². The number of rotatable bonds is 4. The second kappa shape index (κ2) is 7.67. The van der Waals surface area contributed by atoms with Gasteiger partial charge in [-0.15, -0.1) is 0 Å². The number of hydrogen-bond acceptors (Lipinski definition) is 0. The molecule has 26 heavy (non-hydrogen) atoms. The van der Waals surface area contributed by atoms with Gasteiger partial charge in [-0.3, -0.25) is 0 Å². The van der Waals surface area contributed by atoms with Crippen molar-refractivity contribution in [3.05, 3.63) is 119 Å². The van der Waals surface area contributed by atoms with Gasteiger partial charge in [-0.1, -0.05) is 109 Å². The molecule has 0 aromatic heterocycles. The third-order valence-electron chi connectivity index (χ3n) is 4.42. The van der Waals surface area contributed by atoms with E-state index in [1.807, 2.05) is 12.1 Å². The molecule has 4 aromatic rings. The summed E-state index contributed by atoms with van der Waals surface area (Å²) in [6.07, 6.45) is 8.64. The highest BCUT2D eigenvalue weighted by molar-refractivity contribution is 5.88. The van der Waals surface area contributed by atoms with E-state index >= 15 is 0 Å². The monoisotopic (exact) mass is 332 g/mol. The van der Waals surface area contributed by atoms with E-state index in [1.54, 1.807) is 0 Å². The Bertz CT molecular complexity index is 971. The third-order valence-corrected chi connectivity index (χ3v) is 4.42. The van der Waals surface area contributed by atoms with E-state index in [4.69, 9.17) is 0 Å². The van der Waals surface area contributed by atoms with Crippen LogP contribution >= 0.6 is 0 Å². The lowest BCUT2D eigenvalue weighted by atomic mass is 10.0. The average Bonchev–Trinajstić information content (AvgIpc) is 2.72. The summed E-state index contributed by atoms with van der Waals surface area (Å²) in [7, 11) is 0. The van der Waals surface area contributed by atoms with Gasteiger partial charge >= 0.3 is 0 Å². The molecular weight excluding hydrogens is 312 g/mol. The summed E-state index contributed by atoms with van der Waals surface area (Å²) >= 11 is 0. The number of hydrogen-bond donors (Lipinski definition) is 0. The maximum absolute atomic E-state index is 2.24. The predicted molar refractivity (Wildman–Crippen MR) is 115 cm³/mol. The fourth-order valence-electron chi connectivity index (χ4n) is 3.00. The molecule has 0 nitrogen and oxygen atoms in total. The first kappa shape index (κ1) is 16.1. The van der Waals surface area contributed by atoms with E-state index in [1.165, 1.54) is 33.0 Å². The fourth-order valence-corrected chi connectivity index (χ4v) is 3.00. The zero-order valence-corrected chi connectivity index (χ0v) is 14.5. The van der Waals surface area contributed by atoms with Crippen LogP contribution in [0.25, 0.3) is 35.1 Å². The van der Waals surface area contributed by atoms with E-state index in [-0.39, 0.29) is 0 Å². The normalized spacial score (nSPS) is 11.5. The molecule has 0 heteroatoms. The van der Waals surface area contributed by atoms with E-state index in [0.29, 0.717) is 0 Å². The molecule has 0 unspecified atom stereocenters. The Morgan fingerprint density at radius 1 is 0.346 bits per heavy atom. The van der Waals surface area contributed by atoms with Crippen molar-refractivity contribution in [3.63, 3.8) is 0 Å². The minimum absolute atomic E-state index is 1.21. The first-order valence-electron chi connectivity index (χ1n) is 8.87. The summed E-state index contributed by atoms with van der Waals surface area (Å²) in [5.41, 5.74) is 4.86. The van der Waals surface area contributed by atoms with Crippen molar-refractivity contribution in [1.82, 2.24) is 0 Å². The Labute approximate surface area is 154 Å². The Morgan fingerprint density at radius 3 is 1.23 bits per heavy atom. The summed E-state index contributed by atoms with van der Waals surface area (Å²) in [5.74, 6) is 0. The second-order valence-corrected chi connectivity index (χ2v) is 6.35. The molecule has 0 radical (unpaired) electrons. The summed E-state index contributed by atoms with van der Waals surface area (Å²) < 4.78 is 0. The molecular formula is C26H20. The van der Waals surface area contributed by atoms with Gasteiger partial charge in [0.15, 0.2) is 0 Å². The molecule has 0 saturated heterocycles. The summed E-state index contributed by atoms with van der Waals surface area (Å²) in [6.45, 7) is 0. The highest BCUT2D eigenvalue weighted by atomic mass is 14.0. The molecule has 0 aliphatic rings. The summed E-state index contributed by atoms with van der Waals surface area (Å²) in [4.78, 5) is 0. The molecule has 0 amide bonds. The van der Waals surface area contributed by atoms with E-state index in [9.17, 15) is 0 Å². The minimum Gasteiger partial charge on any atom is -0.0622 e. The van der Waals surface area contributed by atoms with Crippen LogP contribution < -0.4 is 0 Å². The van der Waals surface area contributed by atoms with Crippen LogP contribution in [0.3, 0.4) is 0 Å². The maximum Gasteiger partial charge on any atom is -0.0172 e. The largest absolute Gasteiger partial charge is 0.0622 e. The van der Waals surface area contributed by atoms with Gasteiger partial charge in [-0.05, 0) is 45.2 Å². The van der Waals surface area contributed by atoms with Gasteiger partial charge in [-0.2, -0.15) is 0 Å². The lowest BCUT2D eigenvalue weighted by Crippen LogP contribution is -1.79. The van der Waals surface area contributed by atoms with Crippen LogP contribution in [-0.4, -0.2) is 0 Å². The Morgan fingerprint density at radius 2 is 0.769 bits per heavy atom. The van der Waals surface area contributed by atoms with Crippen LogP contribution in [0.2, 0.25) is 0 Å². The highest BCUT2D eigenvalue weighted by Gasteiger charge is 1.96. The van der Waals surface area contributed by atoms with Crippen molar-refractivity contribution in [3.8, 4) is 0 Å². The molecule has 0 N–H and O–H groups in total. The van der Waals surface area contributed by atoms with Crippen LogP contribution in [0, 0.1) is 0 Å². The molecule has 0 atom stereocenters. The van der Waals surface area contributed by atoms with Crippen molar-refractivity contribution < 1.29 is 0 Å². The quantitative estimate of drug-likeness (QED) is 0.347. The maximum atomic E-state index is 2.24. The van der Waals surface area contributed by atoms with Crippen molar-refractivity contribution in [1.29, 1.82) is 0 Å². The predicted octanol–water partition coefficient (Wildman–Crippen LogP) is 7.18. The SMILES string of the molecule is C(=C/c1ccc2ccc(/C=C/c3ccccc3)cc2c1)/c1ccccc1. The second-order valence-electron chi connectivity index (χ2n) is 6.35. The molecule has 124 valence electrons. The van der Waals surface area contributed by atoms with E-state index < -0.39 is 0 Å². The first-order valence-corrected chi connectivity index (χ1v) is 8.87. The lowest BCUT2D eigenvalue weighted by molar-refractivity contribution is 1.65. The van der Waals surface area contributed by atoms with Crippen LogP contribution in [-0.2, 0) is 0 Å². The van der Waals surface area contributed by atoms with Crippen molar-refractivity contribution in [2.24, 2.45) is 0 Å². The van der Waals surface area contributed by atoms with Gasteiger partial charge in [-0.25, -0.2) is 0 Å². The van der Waals surface area contributed by atoms with E-state index in [2.05, 4.69) is 109 Å². The average molecular weight is 332 g/mol. The van der Waals surface area contributed by atoms with Crippen LogP contribution in [0.4, 0.5) is 0 Å². The van der Waals surface area contributed by atoms with Crippen LogP contribution in [0.5, 0.6) is 0 Å². The molecule has 4 rings (SSSR count). The summed E-state index contributed by atoms with van der Waals surface area (Å²) in [6, 6.07) is 34.0. The van der Waals surface area contributed by atoms with Gasteiger partial charge in [0.1, 0.15) is 0 Å². The highest BCUT2D eigenvalue weighted by Crippen LogP contribution is 2.21. The molecule has 0 aliphatic carbocycles. The Balaban J connectivity index is 1.60. The van der Waals surface area contributed by atoms with Crippen LogP contribution in [0.15, 0.2) is 97.1 Å². The first-order chi connectivity index (χ1) is 12.9. The van der Waals surface area contributed by atoms with Crippen molar-refractivity contribution in [2.75, 3.05) is 0 Å². The van der Waals surface area contributed by atoms with Gasteiger partial charge in [0.2, 0.25) is 0 Å². The lowest BCUT2D eigenvalue weighted by Gasteiger charge is -2.02. The fraction of sp³-hybridized carbons (Fsp3) is 0. The summed E-state index contributed by atoms with van der Waals surface area (Å²) in [5, 5.41) is 2.52. The molecule has 0 aliphatic heterocycles. The Kier molecular flexibility index (Phi) is 4.75. The van der Waals surface area contributed by atoms with Crippen molar-refractivity contribution >= 4 is 35.1 Å². The zero-order chi connectivity index (χ0) is 17.6. The molecule has 0 fully saturated rings. The molecule has 0 spiro atoms. The molecule has 4 aromatic carbocycles.